The number of ether oxygens (including phenoxy) is 1. The molecule has 1 aromatic heterocycles. The van der Waals surface area contributed by atoms with Gasteiger partial charge >= 0.3 is 0 Å². The number of anilines is 3. The standard InChI is InChI=1S/C34H40ClFN6O2/c1-41-12-9-33(10-13-41)17-23(18-33)19-44-30-16-28-25(32(38-22-37-28)39-24-5-6-27(36)26(35)14-24)15-29(30)40-31(43)4-2-11-42-20-34(21-42)7-3-8-34/h2,4-6,14-16,22-23H,3,7-13,17-21H2,1H3,(H,40,43)(H,37,38,39)/b4-2+. The van der Waals surface area contributed by atoms with E-state index >= 15 is 0 Å². The second kappa shape index (κ2) is 11.9. The number of nitrogens with one attached hydrogen (secondary N) is 2. The predicted octanol–water partition coefficient (Wildman–Crippen LogP) is 6.65. The van der Waals surface area contributed by atoms with Crippen molar-refractivity contribution in [3.63, 3.8) is 0 Å². The van der Waals surface area contributed by atoms with E-state index in [2.05, 4.69) is 37.4 Å². The van der Waals surface area contributed by atoms with Crippen LogP contribution in [-0.2, 0) is 4.79 Å². The maximum atomic E-state index is 13.7. The summed E-state index contributed by atoms with van der Waals surface area (Å²) in [6.45, 7) is 5.98. The van der Waals surface area contributed by atoms with Crippen molar-refractivity contribution >= 4 is 45.6 Å². The van der Waals surface area contributed by atoms with E-state index in [4.69, 9.17) is 16.3 Å². The number of hydrogen-bond donors (Lipinski definition) is 2. The number of aromatic nitrogens is 2. The number of carbonyl (C=O) groups is 1. The Balaban J connectivity index is 1.07. The van der Waals surface area contributed by atoms with Crippen molar-refractivity contribution in [2.24, 2.45) is 16.7 Å². The van der Waals surface area contributed by atoms with E-state index in [1.54, 1.807) is 12.1 Å². The van der Waals surface area contributed by atoms with Crippen molar-refractivity contribution in [1.82, 2.24) is 19.8 Å². The van der Waals surface area contributed by atoms with Crippen molar-refractivity contribution in [3.8, 4) is 5.75 Å². The average molecular weight is 619 g/mol. The fourth-order valence-electron chi connectivity index (χ4n) is 7.61. The third-order valence-corrected chi connectivity index (χ3v) is 10.6. The molecule has 2 aliphatic heterocycles. The molecule has 44 heavy (non-hydrogen) atoms. The minimum atomic E-state index is -0.491. The smallest absolute Gasteiger partial charge is 0.248 e. The minimum Gasteiger partial charge on any atom is -0.491 e. The topological polar surface area (TPSA) is 82.6 Å². The zero-order valence-corrected chi connectivity index (χ0v) is 26.0. The molecule has 8 nitrogen and oxygen atoms in total. The van der Waals surface area contributed by atoms with E-state index < -0.39 is 5.82 Å². The number of nitrogens with zero attached hydrogens (tertiary/aromatic N) is 4. The van der Waals surface area contributed by atoms with Crippen molar-refractivity contribution in [2.45, 2.75) is 44.9 Å². The Morgan fingerprint density at radius 3 is 2.64 bits per heavy atom. The van der Waals surface area contributed by atoms with Gasteiger partial charge in [-0.25, -0.2) is 14.4 Å². The van der Waals surface area contributed by atoms with Crippen LogP contribution >= 0.6 is 11.6 Å². The molecule has 0 radical (unpaired) electrons. The maximum absolute atomic E-state index is 13.7. The quantitative estimate of drug-likeness (QED) is 0.260. The molecule has 232 valence electrons. The van der Waals surface area contributed by atoms with Crippen LogP contribution < -0.4 is 15.4 Å². The molecule has 3 aromatic rings. The van der Waals surface area contributed by atoms with Crippen LogP contribution in [0.1, 0.15) is 44.9 Å². The fourth-order valence-corrected chi connectivity index (χ4v) is 7.79. The molecule has 2 aliphatic carbocycles. The molecule has 10 heteroatoms. The lowest BCUT2D eigenvalue weighted by Crippen LogP contribution is -2.59. The summed E-state index contributed by atoms with van der Waals surface area (Å²) in [6.07, 6.45) is 13.9. The van der Waals surface area contributed by atoms with Gasteiger partial charge in [-0.05, 0) is 99.7 Å². The van der Waals surface area contributed by atoms with Crippen molar-refractivity contribution in [3.05, 3.63) is 59.7 Å². The second-order valence-corrected chi connectivity index (χ2v) is 14.1. The third kappa shape index (κ3) is 6.14. The van der Waals surface area contributed by atoms with Gasteiger partial charge in [-0.1, -0.05) is 24.1 Å². The first-order chi connectivity index (χ1) is 21.3. The van der Waals surface area contributed by atoms with Crippen LogP contribution in [0.25, 0.3) is 10.9 Å². The zero-order chi connectivity index (χ0) is 30.3. The number of benzene rings is 2. The molecule has 0 bridgehead atoms. The highest BCUT2D eigenvalue weighted by atomic mass is 35.5. The van der Waals surface area contributed by atoms with Gasteiger partial charge in [0, 0.05) is 42.9 Å². The largest absolute Gasteiger partial charge is 0.491 e. The maximum Gasteiger partial charge on any atom is 0.248 e. The monoisotopic (exact) mass is 618 g/mol. The summed E-state index contributed by atoms with van der Waals surface area (Å²) in [7, 11) is 2.20. The van der Waals surface area contributed by atoms with Gasteiger partial charge in [-0.2, -0.15) is 0 Å². The molecule has 4 aliphatic rings. The van der Waals surface area contributed by atoms with E-state index in [0.717, 1.165) is 19.6 Å². The molecule has 0 atom stereocenters. The number of fused-ring (bicyclic) bond motifs is 1. The van der Waals surface area contributed by atoms with E-state index in [9.17, 15) is 9.18 Å². The number of amides is 1. The van der Waals surface area contributed by atoms with Crippen LogP contribution in [0.4, 0.5) is 21.6 Å². The number of carbonyl (C=O) groups excluding carboxylic acids is 1. The highest BCUT2D eigenvalue weighted by molar-refractivity contribution is 6.31. The fraction of sp³-hybridized carbons (Fsp3) is 0.500. The van der Waals surface area contributed by atoms with Crippen molar-refractivity contribution < 1.29 is 13.9 Å². The van der Waals surface area contributed by atoms with Gasteiger partial charge in [0.05, 0.1) is 22.8 Å². The summed E-state index contributed by atoms with van der Waals surface area (Å²) >= 11 is 6.01. The summed E-state index contributed by atoms with van der Waals surface area (Å²) in [4.78, 5) is 26.8. The van der Waals surface area contributed by atoms with E-state index in [-0.39, 0.29) is 10.9 Å². The third-order valence-electron chi connectivity index (χ3n) is 10.3. The Morgan fingerprint density at radius 2 is 1.91 bits per heavy atom. The molecule has 2 N–H and O–H groups in total. The highest BCUT2D eigenvalue weighted by Gasteiger charge is 2.47. The van der Waals surface area contributed by atoms with Gasteiger partial charge in [0.15, 0.2) is 0 Å². The molecule has 0 unspecified atom stereocenters. The highest BCUT2D eigenvalue weighted by Crippen LogP contribution is 2.52. The molecule has 1 amide bonds. The molecular weight excluding hydrogens is 579 g/mol. The molecule has 2 saturated heterocycles. The molecule has 3 heterocycles. The minimum absolute atomic E-state index is 0.0166. The van der Waals surface area contributed by atoms with Gasteiger partial charge in [0.2, 0.25) is 5.91 Å². The Morgan fingerprint density at radius 1 is 1.11 bits per heavy atom. The Labute approximate surface area is 263 Å². The predicted molar refractivity (Wildman–Crippen MR) is 172 cm³/mol. The van der Waals surface area contributed by atoms with Gasteiger partial charge in [-0.15, -0.1) is 0 Å². The lowest BCUT2D eigenvalue weighted by atomic mass is 9.58. The van der Waals surface area contributed by atoms with Crippen LogP contribution in [-0.4, -0.2) is 72.1 Å². The summed E-state index contributed by atoms with van der Waals surface area (Å²) in [5, 5.41) is 6.98. The first kappa shape index (κ1) is 29.4. The summed E-state index contributed by atoms with van der Waals surface area (Å²) < 4.78 is 20.2. The first-order valence-electron chi connectivity index (χ1n) is 15.8. The van der Waals surface area contributed by atoms with Gasteiger partial charge < -0.3 is 20.3 Å². The van der Waals surface area contributed by atoms with E-state index in [0.29, 0.717) is 57.2 Å². The number of likely N-dealkylation sites (tertiary alicyclic amines) is 2. The summed E-state index contributed by atoms with van der Waals surface area (Å²) in [5.41, 5.74) is 2.86. The molecule has 2 saturated carbocycles. The van der Waals surface area contributed by atoms with Crippen molar-refractivity contribution in [2.75, 3.05) is 57.0 Å². The van der Waals surface area contributed by atoms with Gasteiger partial charge in [0.1, 0.15) is 23.7 Å². The van der Waals surface area contributed by atoms with Crippen LogP contribution in [0.15, 0.2) is 48.8 Å². The number of hydrogen-bond acceptors (Lipinski definition) is 7. The summed E-state index contributed by atoms with van der Waals surface area (Å²) in [6, 6.07) is 8.12. The lowest BCUT2D eigenvalue weighted by molar-refractivity contribution is -0.112. The molecule has 4 fully saturated rings. The SMILES string of the molecule is CN1CCC2(CC1)CC(COc1cc3ncnc(Nc4ccc(F)c(Cl)c4)c3cc1NC(=O)/C=C/CN1CC3(CCC3)C1)C2. The zero-order valence-electron chi connectivity index (χ0n) is 25.2. The van der Waals surface area contributed by atoms with E-state index in [1.165, 1.54) is 76.5 Å². The Bertz CT molecular complexity index is 1570. The van der Waals surface area contributed by atoms with Crippen LogP contribution in [0.5, 0.6) is 5.75 Å². The van der Waals surface area contributed by atoms with E-state index in [1.807, 2.05) is 18.2 Å². The van der Waals surface area contributed by atoms with Gasteiger partial charge in [0.25, 0.3) is 0 Å². The Hall–Kier alpha value is -3.27. The van der Waals surface area contributed by atoms with Gasteiger partial charge in [-0.3, -0.25) is 9.69 Å². The van der Waals surface area contributed by atoms with Crippen LogP contribution in [0.2, 0.25) is 5.02 Å². The Kier molecular flexibility index (Phi) is 7.97. The van der Waals surface area contributed by atoms with Crippen LogP contribution in [0.3, 0.4) is 0 Å². The number of piperidine rings is 1. The normalized spacial score (nSPS) is 21.2. The number of halogens is 2. The molecule has 2 spiro atoms. The molecular formula is C34H40ClFN6O2. The number of rotatable bonds is 9. The lowest BCUT2D eigenvalue weighted by Gasteiger charge is -2.56. The average Bonchev–Trinajstić information content (AvgIpc) is 2.94. The van der Waals surface area contributed by atoms with Crippen molar-refractivity contribution in [1.29, 1.82) is 0 Å². The first-order valence-corrected chi connectivity index (χ1v) is 16.2. The van der Waals surface area contributed by atoms with Crippen LogP contribution in [0, 0.1) is 22.6 Å². The molecule has 2 aromatic carbocycles. The molecule has 7 rings (SSSR count). The summed E-state index contributed by atoms with van der Waals surface area (Å²) in [5.74, 6) is 0.904. The second-order valence-electron chi connectivity index (χ2n) is 13.6.